The number of benzene rings is 2. The molecule has 6 nitrogen and oxygen atoms in total. The maximum Gasteiger partial charge on any atom is 0.342 e. The summed E-state index contributed by atoms with van der Waals surface area (Å²) >= 11 is 5.96. The second-order valence-corrected chi connectivity index (χ2v) is 5.31. The first-order valence-corrected chi connectivity index (χ1v) is 7.43. The van der Waals surface area contributed by atoms with Crippen LogP contribution in [0.15, 0.2) is 42.5 Å². The molecule has 0 heterocycles. The Labute approximate surface area is 144 Å². The second-order valence-electron chi connectivity index (χ2n) is 4.90. The lowest BCUT2D eigenvalue weighted by atomic mass is 10.2. The third-order valence-electron chi connectivity index (χ3n) is 3.21. The molecule has 7 heteroatoms. The van der Waals surface area contributed by atoms with Gasteiger partial charge in [0.05, 0.1) is 17.8 Å². The average molecular weight is 350 g/mol. The van der Waals surface area contributed by atoms with Gasteiger partial charge in [0.25, 0.3) is 5.91 Å². The van der Waals surface area contributed by atoms with Crippen LogP contribution in [0.4, 0.5) is 5.69 Å². The van der Waals surface area contributed by atoms with Crippen LogP contribution in [-0.2, 0) is 9.53 Å². The van der Waals surface area contributed by atoms with Gasteiger partial charge in [0.2, 0.25) is 0 Å². The van der Waals surface area contributed by atoms with Gasteiger partial charge in [0, 0.05) is 0 Å². The van der Waals surface area contributed by atoms with Gasteiger partial charge in [-0.1, -0.05) is 23.7 Å². The van der Waals surface area contributed by atoms with E-state index < -0.39 is 18.0 Å². The Hall–Kier alpha value is -2.73. The summed E-state index contributed by atoms with van der Waals surface area (Å²) < 4.78 is 10.1. The number of rotatable bonds is 5. The Morgan fingerprint density at radius 3 is 2.58 bits per heavy atom. The average Bonchev–Trinajstić information content (AvgIpc) is 2.57. The smallest absolute Gasteiger partial charge is 0.342 e. The van der Waals surface area contributed by atoms with E-state index in [-0.39, 0.29) is 11.3 Å². The summed E-state index contributed by atoms with van der Waals surface area (Å²) in [6.07, 6.45) is -1.08. The number of ether oxygens (including phenoxy) is 2. The highest BCUT2D eigenvalue weighted by Crippen LogP contribution is 2.24. The lowest BCUT2D eigenvalue weighted by Gasteiger charge is -2.15. The van der Waals surface area contributed by atoms with Crippen LogP contribution in [0, 0.1) is 0 Å². The van der Waals surface area contributed by atoms with E-state index >= 15 is 0 Å². The van der Waals surface area contributed by atoms with Crippen molar-refractivity contribution in [2.45, 2.75) is 13.0 Å². The molecule has 0 radical (unpaired) electrons. The SMILES string of the molecule is COc1ccc(O)c(C(=O)O[C@@H](C)C(=O)Nc2ccccc2Cl)c1. The highest BCUT2D eigenvalue weighted by Gasteiger charge is 2.22. The number of aromatic hydroxyl groups is 1. The predicted molar refractivity (Wildman–Crippen MR) is 89.6 cm³/mol. The van der Waals surface area contributed by atoms with Gasteiger partial charge in [-0.3, -0.25) is 4.79 Å². The van der Waals surface area contributed by atoms with E-state index in [9.17, 15) is 14.7 Å². The van der Waals surface area contributed by atoms with Gasteiger partial charge >= 0.3 is 5.97 Å². The van der Waals surface area contributed by atoms with E-state index in [0.717, 1.165) is 0 Å². The van der Waals surface area contributed by atoms with Gasteiger partial charge in [-0.15, -0.1) is 0 Å². The molecule has 0 fully saturated rings. The Balaban J connectivity index is 2.06. The number of halogens is 1. The minimum absolute atomic E-state index is 0.0910. The van der Waals surface area contributed by atoms with E-state index in [0.29, 0.717) is 16.5 Å². The standard InChI is InChI=1S/C17H16ClNO5/c1-10(16(21)19-14-6-4-3-5-13(14)18)24-17(22)12-9-11(23-2)7-8-15(12)20/h3-10,20H,1-2H3,(H,19,21)/t10-/m0/s1. The highest BCUT2D eigenvalue weighted by molar-refractivity contribution is 6.33. The summed E-state index contributed by atoms with van der Waals surface area (Å²) in [4.78, 5) is 24.2. The molecule has 2 N–H and O–H groups in total. The van der Waals surface area contributed by atoms with Crippen LogP contribution in [0.2, 0.25) is 5.02 Å². The molecule has 2 rings (SSSR count). The summed E-state index contributed by atoms with van der Waals surface area (Å²) in [6, 6.07) is 10.8. The van der Waals surface area contributed by atoms with Crippen LogP contribution in [0.5, 0.6) is 11.5 Å². The molecule has 0 aliphatic rings. The minimum Gasteiger partial charge on any atom is -0.507 e. The maximum atomic E-state index is 12.1. The molecule has 0 saturated carbocycles. The van der Waals surface area contributed by atoms with Crippen LogP contribution in [0.3, 0.4) is 0 Å². The summed E-state index contributed by atoms with van der Waals surface area (Å²) in [5, 5.41) is 12.7. The number of anilines is 1. The molecule has 2 aromatic carbocycles. The molecule has 24 heavy (non-hydrogen) atoms. The van der Waals surface area contributed by atoms with E-state index in [1.165, 1.54) is 32.2 Å². The summed E-state index contributed by atoms with van der Waals surface area (Å²) in [6.45, 7) is 1.42. The third kappa shape index (κ3) is 4.17. The first kappa shape index (κ1) is 17.6. The van der Waals surface area contributed by atoms with E-state index in [1.54, 1.807) is 24.3 Å². The topological polar surface area (TPSA) is 84.9 Å². The number of phenols is 1. The zero-order valence-corrected chi connectivity index (χ0v) is 13.8. The molecule has 0 unspecified atom stereocenters. The fraction of sp³-hybridized carbons (Fsp3) is 0.176. The van der Waals surface area contributed by atoms with Crippen molar-refractivity contribution in [3.8, 4) is 11.5 Å². The zero-order valence-electron chi connectivity index (χ0n) is 13.1. The lowest BCUT2D eigenvalue weighted by Crippen LogP contribution is -2.30. The Bertz CT molecular complexity index is 762. The minimum atomic E-state index is -1.08. The van der Waals surface area contributed by atoms with Crippen molar-refractivity contribution in [1.82, 2.24) is 0 Å². The zero-order chi connectivity index (χ0) is 17.7. The number of amides is 1. The number of phenolic OH excluding ortho intramolecular Hbond substituents is 1. The molecule has 0 saturated heterocycles. The molecule has 2 aromatic rings. The van der Waals surface area contributed by atoms with Gasteiger partial charge in [-0.25, -0.2) is 4.79 Å². The van der Waals surface area contributed by atoms with Crippen molar-refractivity contribution in [1.29, 1.82) is 0 Å². The number of carbonyl (C=O) groups is 2. The molecule has 0 aliphatic carbocycles. The monoisotopic (exact) mass is 349 g/mol. The molecule has 1 amide bonds. The van der Waals surface area contributed by atoms with Crippen molar-refractivity contribution >= 4 is 29.2 Å². The Kier molecular flexibility index (Phi) is 5.65. The van der Waals surface area contributed by atoms with Crippen LogP contribution < -0.4 is 10.1 Å². The van der Waals surface area contributed by atoms with Crippen molar-refractivity contribution in [3.05, 3.63) is 53.1 Å². The quantitative estimate of drug-likeness (QED) is 0.809. The van der Waals surface area contributed by atoms with E-state index in [1.807, 2.05) is 0 Å². The molecular formula is C17H16ClNO5. The van der Waals surface area contributed by atoms with Crippen molar-refractivity contribution in [3.63, 3.8) is 0 Å². The van der Waals surface area contributed by atoms with E-state index in [4.69, 9.17) is 21.1 Å². The highest BCUT2D eigenvalue weighted by atomic mass is 35.5. The van der Waals surface area contributed by atoms with Gasteiger partial charge in [-0.05, 0) is 37.3 Å². The van der Waals surface area contributed by atoms with Crippen LogP contribution in [0.25, 0.3) is 0 Å². The number of esters is 1. The number of hydrogen-bond donors (Lipinski definition) is 2. The first-order chi connectivity index (χ1) is 11.4. The molecule has 1 atom stereocenters. The van der Waals surface area contributed by atoms with E-state index in [2.05, 4.69) is 5.32 Å². The molecule has 0 spiro atoms. The van der Waals surface area contributed by atoms with Crippen LogP contribution >= 0.6 is 11.6 Å². The van der Waals surface area contributed by atoms with Gasteiger partial charge in [0.15, 0.2) is 6.10 Å². The molecule has 0 aliphatic heterocycles. The fourth-order valence-corrected chi connectivity index (χ4v) is 2.06. The lowest BCUT2D eigenvalue weighted by molar-refractivity contribution is -0.123. The summed E-state index contributed by atoms with van der Waals surface area (Å²) in [5.74, 6) is -1.26. The maximum absolute atomic E-state index is 12.1. The van der Waals surface area contributed by atoms with Gasteiger partial charge < -0.3 is 19.9 Å². The Morgan fingerprint density at radius 2 is 1.92 bits per heavy atom. The van der Waals surface area contributed by atoms with Crippen LogP contribution in [0.1, 0.15) is 17.3 Å². The third-order valence-corrected chi connectivity index (χ3v) is 3.54. The normalized spacial score (nSPS) is 11.5. The van der Waals surface area contributed by atoms with Crippen molar-refractivity contribution < 1.29 is 24.2 Å². The molecular weight excluding hydrogens is 334 g/mol. The molecule has 0 bridgehead atoms. The summed E-state index contributed by atoms with van der Waals surface area (Å²) in [5.41, 5.74) is 0.322. The number of nitrogens with one attached hydrogen (secondary N) is 1. The van der Waals surface area contributed by atoms with Gasteiger partial charge in [-0.2, -0.15) is 0 Å². The summed E-state index contributed by atoms with van der Waals surface area (Å²) in [7, 11) is 1.43. The van der Waals surface area contributed by atoms with Crippen molar-refractivity contribution in [2.24, 2.45) is 0 Å². The fourth-order valence-electron chi connectivity index (χ4n) is 1.88. The van der Waals surface area contributed by atoms with Gasteiger partial charge in [0.1, 0.15) is 17.1 Å². The molecule has 0 aromatic heterocycles. The number of hydrogen-bond acceptors (Lipinski definition) is 5. The predicted octanol–water partition coefficient (Wildman–Crippen LogP) is 3.24. The number of methoxy groups -OCH3 is 1. The second kappa shape index (κ2) is 7.70. The number of carbonyl (C=O) groups excluding carboxylic acids is 2. The molecule has 126 valence electrons. The van der Waals surface area contributed by atoms with Crippen molar-refractivity contribution in [2.75, 3.05) is 12.4 Å². The first-order valence-electron chi connectivity index (χ1n) is 7.05. The Morgan fingerprint density at radius 1 is 1.21 bits per heavy atom. The largest absolute Gasteiger partial charge is 0.507 e. The number of para-hydroxylation sites is 1. The van der Waals surface area contributed by atoms with Crippen LogP contribution in [-0.4, -0.2) is 30.2 Å².